The molecule has 0 saturated heterocycles. The van der Waals surface area contributed by atoms with Gasteiger partial charge in [0.2, 0.25) is 0 Å². The van der Waals surface area contributed by atoms with Crippen molar-refractivity contribution in [2.24, 2.45) is 0 Å². The van der Waals surface area contributed by atoms with Crippen LogP contribution in [-0.2, 0) is 0 Å². The first-order valence-corrected chi connectivity index (χ1v) is 14.4. The number of benzene rings is 4. The number of hydrogen-bond acceptors (Lipinski definition) is 6. The highest BCUT2D eigenvalue weighted by Gasteiger charge is 2.17. The lowest BCUT2D eigenvalue weighted by Gasteiger charge is -2.21. The number of rotatable bonds is 5. The molecule has 210 valence electrons. The summed E-state index contributed by atoms with van der Waals surface area (Å²) in [6.45, 7) is 0. The largest absolute Gasteiger partial charge is 0.453 e. The van der Waals surface area contributed by atoms with Crippen LogP contribution in [0.3, 0.4) is 0 Å². The molecule has 0 unspecified atom stereocenters. The number of nitrogens with one attached hydrogen (secondary N) is 2. The van der Waals surface area contributed by atoms with Crippen molar-refractivity contribution in [2.45, 2.75) is 0 Å². The summed E-state index contributed by atoms with van der Waals surface area (Å²) in [5, 5.41) is 6.86. The van der Waals surface area contributed by atoms with E-state index in [1.165, 1.54) is 0 Å². The lowest BCUT2D eigenvalue weighted by Crippen LogP contribution is -2.02. The van der Waals surface area contributed by atoms with E-state index in [1.807, 2.05) is 109 Å². The molecule has 44 heavy (non-hydrogen) atoms. The van der Waals surface area contributed by atoms with Gasteiger partial charge in [0.05, 0.1) is 34.1 Å². The molecule has 0 fully saturated rings. The molecule has 2 aliphatic heterocycles. The fourth-order valence-corrected chi connectivity index (χ4v) is 5.27. The molecular weight excluding hydrogens is 544 g/mol. The number of nitrogens with zero attached hydrogens (tertiary/aromatic N) is 2. The van der Waals surface area contributed by atoms with Crippen LogP contribution in [0.5, 0.6) is 23.0 Å². The Hall–Kier alpha value is -6.14. The van der Waals surface area contributed by atoms with Crippen LogP contribution in [0, 0.1) is 0 Å². The molecule has 0 bridgehead atoms. The molecule has 4 heterocycles. The zero-order chi connectivity index (χ0) is 29.3. The predicted octanol–water partition coefficient (Wildman–Crippen LogP) is 10.2. The molecule has 0 spiro atoms. The standard InChI is InChI=1S/C38H26N4O2/c1-3-7-35-29(5-1)41-31-15-13-25(23-37(31)43-35)9-11-27-17-19-39-33(21-27)34-22-28(18-20-40-34)12-10-26-14-16-32-38(24-26)44-36-8-4-2-6-30(36)42-32/h1-24,41-42H/b11-9+,12-10+. The van der Waals surface area contributed by atoms with E-state index in [1.54, 1.807) is 0 Å². The average Bonchev–Trinajstić information content (AvgIpc) is 3.08. The van der Waals surface area contributed by atoms with Gasteiger partial charge in [-0.15, -0.1) is 0 Å². The molecule has 2 aromatic heterocycles. The number of para-hydroxylation sites is 4. The van der Waals surface area contributed by atoms with E-state index in [-0.39, 0.29) is 0 Å². The van der Waals surface area contributed by atoms with Crippen LogP contribution in [-0.4, -0.2) is 9.97 Å². The highest BCUT2D eigenvalue weighted by molar-refractivity contribution is 5.81. The summed E-state index contributed by atoms with van der Waals surface area (Å²) < 4.78 is 12.2. The summed E-state index contributed by atoms with van der Waals surface area (Å²) in [5.74, 6) is 3.26. The lowest BCUT2D eigenvalue weighted by molar-refractivity contribution is 0.481. The second-order valence-corrected chi connectivity index (χ2v) is 10.6. The van der Waals surface area contributed by atoms with Gasteiger partial charge >= 0.3 is 0 Å². The number of aromatic nitrogens is 2. The summed E-state index contributed by atoms with van der Waals surface area (Å²) in [6, 6.07) is 36.2. The molecule has 0 radical (unpaired) electrons. The predicted molar refractivity (Wildman–Crippen MR) is 178 cm³/mol. The van der Waals surface area contributed by atoms with E-state index in [9.17, 15) is 0 Å². The van der Waals surface area contributed by atoms with Crippen molar-refractivity contribution in [1.82, 2.24) is 9.97 Å². The highest BCUT2D eigenvalue weighted by Crippen LogP contribution is 2.43. The van der Waals surface area contributed by atoms with Crippen molar-refractivity contribution in [3.05, 3.63) is 144 Å². The maximum Gasteiger partial charge on any atom is 0.151 e. The smallest absolute Gasteiger partial charge is 0.151 e. The maximum atomic E-state index is 6.11. The molecule has 0 aliphatic carbocycles. The van der Waals surface area contributed by atoms with E-state index in [0.717, 1.165) is 79.4 Å². The van der Waals surface area contributed by atoms with Crippen molar-refractivity contribution < 1.29 is 9.47 Å². The topological polar surface area (TPSA) is 68.3 Å². The number of ether oxygens (including phenoxy) is 2. The lowest BCUT2D eigenvalue weighted by atomic mass is 10.1. The minimum atomic E-state index is 0.806. The molecule has 2 N–H and O–H groups in total. The van der Waals surface area contributed by atoms with Crippen LogP contribution in [0.1, 0.15) is 22.3 Å². The third kappa shape index (κ3) is 5.16. The molecule has 0 saturated carbocycles. The molecule has 6 aromatic rings. The quantitative estimate of drug-likeness (QED) is 0.215. The Morgan fingerprint density at radius 3 is 1.30 bits per heavy atom. The van der Waals surface area contributed by atoms with Crippen molar-refractivity contribution in [2.75, 3.05) is 10.6 Å². The van der Waals surface area contributed by atoms with Crippen LogP contribution >= 0.6 is 0 Å². The summed E-state index contributed by atoms with van der Waals surface area (Å²) in [6.07, 6.45) is 11.9. The molecule has 6 heteroatoms. The summed E-state index contributed by atoms with van der Waals surface area (Å²) in [4.78, 5) is 9.19. The summed E-state index contributed by atoms with van der Waals surface area (Å²) in [7, 11) is 0. The molecule has 6 nitrogen and oxygen atoms in total. The molecule has 0 atom stereocenters. The Balaban J connectivity index is 0.981. The van der Waals surface area contributed by atoms with Gasteiger partial charge in [0, 0.05) is 12.4 Å². The summed E-state index contributed by atoms with van der Waals surface area (Å²) in [5.41, 5.74) is 9.61. The Morgan fingerprint density at radius 2 is 0.818 bits per heavy atom. The number of hydrogen-bond donors (Lipinski definition) is 2. The Bertz CT molecular complexity index is 1950. The van der Waals surface area contributed by atoms with Gasteiger partial charge in [-0.1, -0.05) is 60.7 Å². The number of anilines is 4. The van der Waals surface area contributed by atoms with Crippen molar-refractivity contribution in [3.63, 3.8) is 0 Å². The Labute approximate surface area is 255 Å². The number of fused-ring (bicyclic) bond motifs is 4. The van der Waals surface area contributed by atoms with Gasteiger partial charge in [0.25, 0.3) is 0 Å². The van der Waals surface area contributed by atoms with E-state index in [4.69, 9.17) is 9.47 Å². The van der Waals surface area contributed by atoms with Gasteiger partial charge in [0.1, 0.15) is 0 Å². The van der Waals surface area contributed by atoms with Crippen LogP contribution in [0.15, 0.2) is 122 Å². The van der Waals surface area contributed by atoms with Crippen LogP contribution in [0.25, 0.3) is 35.7 Å². The fourth-order valence-electron chi connectivity index (χ4n) is 5.27. The van der Waals surface area contributed by atoms with E-state index in [0.29, 0.717) is 0 Å². The zero-order valence-corrected chi connectivity index (χ0v) is 23.6. The van der Waals surface area contributed by atoms with Gasteiger partial charge in [-0.2, -0.15) is 0 Å². The minimum Gasteiger partial charge on any atom is -0.453 e. The Kier molecular flexibility index (Phi) is 6.35. The molecule has 8 rings (SSSR count). The third-order valence-corrected chi connectivity index (χ3v) is 7.53. The van der Waals surface area contributed by atoms with Crippen molar-refractivity contribution in [1.29, 1.82) is 0 Å². The van der Waals surface area contributed by atoms with E-state index >= 15 is 0 Å². The number of pyridine rings is 2. The minimum absolute atomic E-state index is 0.806. The van der Waals surface area contributed by atoms with Crippen molar-refractivity contribution >= 4 is 47.1 Å². The normalized spacial score (nSPS) is 12.6. The highest BCUT2D eigenvalue weighted by atomic mass is 16.5. The fraction of sp³-hybridized carbons (Fsp3) is 0. The summed E-state index contributed by atoms with van der Waals surface area (Å²) >= 11 is 0. The first-order valence-electron chi connectivity index (χ1n) is 14.4. The van der Waals surface area contributed by atoms with Crippen LogP contribution < -0.4 is 20.1 Å². The molecule has 0 amide bonds. The zero-order valence-electron chi connectivity index (χ0n) is 23.6. The second-order valence-electron chi connectivity index (χ2n) is 10.6. The van der Waals surface area contributed by atoms with Crippen molar-refractivity contribution in [3.8, 4) is 34.4 Å². The molecule has 4 aromatic carbocycles. The third-order valence-electron chi connectivity index (χ3n) is 7.53. The van der Waals surface area contributed by atoms with E-state index < -0.39 is 0 Å². The van der Waals surface area contributed by atoms with Gasteiger partial charge in [-0.05, 0) is 95.1 Å². The van der Waals surface area contributed by atoms with Crippen LogP contribution in [0.4, 0.5) is 22.7 Å². The maximum absolute atomic E-state index is 6.11. The van der Waals surface area contributed by atoms with Gasteiger partial charge < -0.3 is 20.1 Å². The monoisotopic (exact) mass is 570 g/mol. The first-order chi connectivity index (χ1) is 21.7. The SMILES string of the molecule is C(=C\c1ccc2c(c1)Oc1ccccc1N2)/c1ccnc(-c2cc(/C=C/c3ccc4c(c3)Oc3ccccc3N4)ccn2)c1. The molecule has 2 aliphatic rings. The van der Waals surface area contributed by atoms with E-state index in [2.05, 4.69) is 57.0 Å². The van der Waals surface area contributed by atoms with Crippen LogP contribution in [0.2, 0.25) is 0 Å². The average molecular weight is 571 g/mol. The van der Waals surface area contributed by atoms with Gasteiger partial charge in [-0.25, -0.2) is 0 Å². The first kappa shape index (κ1) is 25.6. The second kappa shape index (κ2) is 10.9. The molecular formula is C38H26N4O2. The Morgan fingerprint density at radius 1 is 0.409 bits per heavy atom. The van der Waals surface area contributed by atoms with Gasteiger partial charge in [-0.3, -0.25) is 9.97 Å². The van der Waals surface area contributed by atoms with Gasteiger partial charge in [0.15, 0.2) is 23.0 Å².